The highest BCUT2D eigenvalue weighted by Gasteiger charge is 2.28. The molecule has 1 saturated heterocycles. The van der Waals surface area contributed by atoms with Crippen molar-refractivity contribution in [1.29, 1.82) is 0 Å². The zero-order valence-corrected chi connectivity index (χ0v) is 19.1. The van der Waals surface area contributed by atoms with Crippen molar-refractivity contribution in [2.75, 3.05) is 18.4 Å². The van der Waals surface area contributed by atoms with Crippen LogP contribution in [0.3, 0.4) is 0 Å². The van der Waals surface area contributed by atoms with E-state index < -0.39 is 15.9 Å². The van der Waals surface area contributed by atoms with E-state index in [9.17, 15) is 13.2 Å². The van der Waals surface area contributed by atoms with Gasteiger partial charge in [-0.3, -0.25) is 9.48 Å². The van der Waals surface area contributed by atoms with Crippen LogP contribution in [-0.2, 0) is 16.6 Å². The largest absolute Gasteiger partial charge is 0.322 e. The average molecular weight is 473 g/mol. The van der Waals surface area contributed by atoms with Crippen LogP contribution in [0.25, 0.3) is 0 Å². The molecule has 1 amide bonds. The van der Waals surface area contributed by atoms with Gasteiger partial charge in [-0.2, -0.15) is 9.40 Å². The van der Waals surface area contributed by atoms with Gasteiger partial charge in [0.25, 0.3) is 5.91 Å². The van der Waals surface area contributed by atoms with Gasteiger partial charge in [-0.25, -0.2) is 8.42 Å². The highest BCUT2D eigenvalue weighted by atomic mass is 35.5. The second-order valence-electron chi connectivity index (χ2n) is 7.82. The molecule has 1 N–H and O–H groups in total. The van der Waals surface area contributed by atoms with Crippen LogP contribution in [0.15, 0.2) is 65.8 Å². The van der Waals surface area contributed by atoms with Crippen molar-refractivity contribution >= 4 is 33.2 Å². The maximum Gasteiger partial charge on any atom is 0.255 e. The summed E-state index contributed by atoms with van der Waals surface area (Å²) in [5.74, 6) is -0.398. The van der Waals surface area contributed by atoms with Gasteiger partial charge in [0.1, 0.15) is 4.90 Å². The lowest BCUT2D eigenvalue weighted by Crippen LogP contribution is -2.32. The van der Waals surface area contributed by atoms with Gasteiger partial charge < -0.3 is 5.32 Å². The number of hydrogen-bond acceptors (Lipinski definition) is 4. The molecule has 0 radical (unpaired) electrons. The molecule has 1 aliphatic heterocycles. The quantitative estimate of drug-likeness (QED) is 0.576. The highest BCUT2D eigenvalue weighted by Crippen LogP contribution is 2.28. The van der Waals surface area contributed by atoms with Crippen LogP contribution in [0.4, 0.5) is 5.69 Å². The van der Waals surface area contributed by atoms with Crippen LogP contribution in [0, 0.1) is 0 Å². The van der Waals surface area contributed by atoms with Gasteiger partial charge in [0.2, 0.25) is 10.0 Å². The fraction of sp³-hybridized carbons (Fsp3) is 0.304. The number of sulfonamides is 1. The van der Waals surface area contributed by atoms with Gasteiger partial charge in [-0.15, -0.1) is 0 Å². The Hall–Kier alpha value is -2.68. The molecular formula is C23H25ClN4O3S. The molecule has 0 spiro atoms. The van der Waals surface area contributed by atoms with E-state index in [1.807, 2.05) is 30.5 Å². The van der Waals surface area contributed by atoms with E-state index >= 15 is 0 Å². The lowest BCUT2D eigenvalue weighted by atomic mass is 10.1. The number of benzene rings is 2. The summed E-state index contributed by atoms with van der Waals surface area (Å²) in [6.07, 6.45) is 7.26. The number of hydrogen-bond donors (Lipinski definition) is 1. The monoisotopic (exact) mass is 472 g/mol. The highest BCUT2D eigenvalue weighted by molar-refractivity contribution is 7.89. The summed E-state index contributed by atoms with van der Waals surface area (Å²) in [6, 6.07) is 13.7. The average Bonchev–Trinajstić information content (AvgIpc) is 3.12. The molecule has 2 heterocycles. The Labute approximate surface area is 193 Å². The van der Waals surface area contributed by atoms with Gasteiger partial charge in [0.15, 0.2) is 0 Å². The van der Waals surface area contributed by atoms with Crippen LogP contribution in [0.5, 0.6) is 0 Å². The summed E-state index contributed by atoms with van der Waals surface area (Å²) in [5.41, 5.74) is 1.83. The normalized spacial score (nSPS) is 15.3. The fourth-order valence-electron chi connectivity index (χ4n) is 3.80. The first kappa shape index (κ1) is 22.5. The summed E-state index contributed by atoms with van der Waals surface area (Å²) in [7, 11) is -3.77. The van der Waals surface area contributed by atoms with Crippen LogP contribution in [0.2, 0.25) is 5.02 Å². The first-order valence-corrected chi connectivity index (χ1v) is 12.4. The minimum Gasteiger partial charge on any atom is -0.322 e. The van der Waals surface area contributed by atoms with Crippen molar-refractivity contribution in [3.8, 4) is 0 Å². The molecule has 32 heavy (non-hydrogen) atoms. The molecule has 3 aromatic rings. The third-order valence-electron chi connectivity index (χ3n) is 5.46. The van der Waals surface area contributed by atoms with Crippen molar-refractivity contribution in [2.45, 2.75) is 37.1 Å². The van der Waals surface area contributed by atoms with Crippen molar-refractivity contribution in [1.82, 2.24) is 14.1 Å². The molecule has 1 aliphatic rings. The maximum absolute atomic E-state index is 13.2. The van der Waals surface area contributed by atoms with Crippen LogP contribution in [0.1, 0.15) is 41.6 Å². The molecule has 0 aliphatic carbocycles. The molecule has 0 saturated carbocycles. The van der Waals surface area contributed by atoms with E-state index in [2.05, 4.69) is 10.4 Å². The molecule has 1 aromatic heterocycles. The van der Waals surface area contributed by atoms with Crippen molar-refractivity contribution in [2.24, 2.45) is 0 Å². The molecule has 0 atom stereocenters. The topological polar surface area (TPSA) is 84.3 Å². The number of amides is 1. The van der Waals surface area contributed by atoms with Crippen LogP contribution in [-0.4, -0.2) is 41.5 Å². The predicted octanol–water partition coefficient (Wildman–Crippen LogP) is 4.40. The number of anilines is 1. The van der Waals surface area contributed by atoms with E-state index in [1.54, 1.807) is 16.9 Å². The van der Waals surface area contributed by atoms with Crippen LogP contribution >= 0.6 is 11.6 Å². The van der Waals surface area contributed by atoms with Gasteiger partial charge in [0.05, 0.1) is 11.6 Å². The Balaban J connectivity index is 1.53. The van der Waals surface area contributed by atoms with Crippen molar-refractivity contribution < 1.29 is 13.2 Å². The number of nitrogens with zero attached hydrogens (tertiary/aromatic N) is 3. The molecule has 4 rings (SSSR count). The first-order chi connectivity index (χ1) is 15.4. The zero-order chi connectivity index (χ0) is 22.6. The molecular weight excluding hydrogens is 448 g/mol. The van der Waals surface area contributed by atoms with Gasteiger partial charge in [0, 0.05) is 36.7 Å². The Morgan fingerprint density at radius 2 is 1.81 bits per heavy atom. The predicted molar refractivity (Wildman–Crippen MR) is 124 cm³/mol. The Kier molecular flexibility index (Phi) is 6.93. The standard InChI is InChI=1S/C23H25ClN4O3S/c24-21-10-9-19(16-22(21)32(30,31)28-13-3-1-2-4-14-28)23(29)26-20-8-5-7-18(15-20)17-27-12-6-11-25-27/h5-12,15-16H,1-4,13-14,17H2,(H,26,29). The second kappa shape index (κ2) is 9.85. The van der Waals surface area contributed by atoms with Gasteiger partial charge in [-0.1, -0.05) is 36.6 Å². The lowest BCUT2D eigenvalue weighted by Gasteiger charge is -2.21. The van der Waals surface area contributed by atoms with E-state index in [1.165, 1.54) is 22.5 Å². The maximum atomic E-state index is 13.2. The Morgan fingerprint density at radius 1 is 1.03 bits per heavy atom. The summed E-state index contributed by atoms with van der Waals surface area (Å²) >= 11 is 6.25. The fourth-order valence-corrected chi connectivity index (χ4v) is 5.81. The first-order valence-electron chi connectivity index (χ1n) is 10.6. The van der Waals surface area contributed by atoms with E-state index in [0.29, 0.717) is 25.3 Å². The molecule has 7 nitrogen and oxygen atoms in total. The third kappa shape index (κ3) is 5.20. The van der Waals surface area contributed by atoms with Crippen LogP contribution < -0.4 is 5.32 Å². The minimum absolute atomic E-state index is 0.0267. The van der Waals surface area contributed by atoms with E-state index in [0.717, 1.165) is 31.2 Å². The number of rotatable bonds is 6. The molecule has 9 heteroatoms. The SMILES string of the molecule is O=C(Nc1cccc(Cn2cccn2)c1)c1ccc(Cl)c(S(=O)(=O)N2CCCCCC2)c1. The number of carbonyl (C=O) groups is 1. The number of halogens is 1. The van der Waals surface area contributed by atoms with Gasteiger partial charge in [-0.05, 0) is 54.8 Å². The summed E-state index contributed by atoms with van der Waals surface area (Å²) in [5, 5.41) is 7.15. The van der Waals surface area contributed by atoms with Gasteiger partial charge >= 0.3 is 0 Å². The van der Waals surface area contributed by atoms with E-state index in [4.69, 9.17) is 11.6 Å². The summed E-state index contributed by atoms with van der Waals surface area (Å²) in [4.78, 5) is 12.9. The minimum atomic E-state index is -3.77. The Morgan fingerprint density at radius 3 is 2.53 bits per heavy atom. The molecule has 0 bridgehead atoms. The molecule has 1 fully saturated rings. The molecule has 2 aromatic carbocycles. The van der Waals surface area contributed by atoms with E-state index in [-0.39, 0.29) is 15.5 Å². The molecule has 168 valence electrons. The Bertz CT molecular complexity index is 1190. The zero-order valence-electron chi connectivity index (χ0n) is 17.6. The number of aromatic nitrogens is 2. The summed E-state index contributed by atoms with van der Waals surface area (Å²) < 4.78 is 29.6. The lowest BCUT2D eigenvalue weighted by molar-refractivity contribution is 0.102. The molecule has 0 unspecified atom stereocenters. The number of carbonyl (C=O) groups excluding carboxylic acids is 1. The van der Waals surface area contributed by atoms with Crippen molar-refractivity contribution in [3.05, 3.63) is 77.1 Å². The summed E-state index contributed by atoms with van der Waals surface area (Å²) in [6.45, 7) is 1.52. The third-order valence-corrected chi connectivity index (χ3v) is 7.85. The smallest absolute Gasteiger partial charge is 0.255 e. The van der Waals surface area contributed by atoms with Crippen molar-refractivity contribution in [3.63, 3.8) is 0 Å². The number of nitrogens with one attached hydrogen (secondary N) is 1. The second-order valence-corrected chi connectivity index (χ2v) is 10.1.